The largest absolute Gasteiger partial charge is 0.477 e. The van der Waals surface area contributed by atoms with Gasteiger partial charge < -0.3 is 21.0 Å². The first-order valence-electron chi connectivity index (χ1n) is 9.05. The lowest BCUT2D eigenvalue weighted by Gasteiger charge is -2.49. The van der Waals surface area contributed by atoms with Gasteiger partial charge in [0.15, 0.2) is 5.13 Å². The predicted molar refractivity (Wildman–Crippen MR) is 119 cm³/mol. The van der Waals surface area contributed by atoms with Crippen molar-refractivity contribution in [3.05, 3.63) is 28.6 Å². The summed E-state index contributed by atoms with van der Waals surface area (Å²) in [5.41, 5.74) is 5.80. The summed E-state index contributed by atoms with van der Waals surface area (Å²) in [5.74, 6) is -1.87. The van der Waals surface area contributed by atoms with Crippen molar-refractivity contribution < 1.29 is 24.3 Å². The normalized spacial score (nSPS) is 20.6. The topological polar surface area (TPSA) is 184 Å². The van der Waals surface area contributed by atoms with Gasteiger partial charge in [0, 0.05) is 29.1 Å². The minimum atomic E-state index is -1.23. The van der Waals surface area contributed by atoms with E-state index in [1.807, 2.05) is 6.07 Å². The van der Waals surface area contributed by atoms with Gasteiger partial charge in [-0.25, -0.2) is 4.79 Å². The number of fused-ring (bicyclic) bond motifs is 1. The monoisotopic (exact) mass is 495 g/mol. The maximum atomic E-state index is 12.8. The Hall–Kier alpha value is -3.09. The lowest BCUT2D eigenvalue weighted by molar-refractivity contribution is -0.150. The van der Waals surface area contributed by atoms with Crippen molar-refractivity contribution in [3.63, 3.8) is 0 Å². The van der Waals surface area contributed by atoms with Gasteiger partial charge in [-0.2, -0.15) is 14.6 Å². The van der Waals surface area contributed by atoms with Crippen molar-refractivity contribution in [2.24, 2.45) is 5.16 Å². The Labute approximate surface area is 194 Å². The molecule has 1 aromatic rings. The highest BCUT2D eigenvalue weighted by Crippen LogP contribution is 2.41. The van der Waals surface area contributed by atoms with Gasteiger partial charge in [-0.05, 0) is 17.9 Å². The predicted octanol–water partition coefficient (Wildman–Crippen LogP) is 0.370. The summed E-state index contributed by atoms with van der Waals surface area (Å²) in [6.45, 7) is 1.88. The van der Waals surface area contributed by atoms with Crippen LogP contribution >= 0.6 is 35.1 Å². The van der Waals surface area contributed by atoms with E-state index in [-0.39, 0.29) is 29.0 Å². The molecule has 0 saturated carbocycles. The van der Waals surface area contributed by atoms with E-state index < -0.39 is 29.2 Å². The van der Waals surface area contributed by atoms with Gasteiger partial charge in [-0.15, -0.1) is 23.5 Å². The van der Waals surface area contributed by atoms with Crippen LogP contribution in [0.25, 0.3) is 0 Å². The lowest BCUT2D eigenvalue weighted by Crippen LogP contribution is -2.71. The number of carboxylic acids is 1. The number of carboxylic acid groups (broad SMARTS) is 1. The van der Waals surface area contributed by atoms with Crippen LogP contribution < -0.4 is 11.1 Å². The number of carbonyl (C=O) groups excluding carboxylic acids is 2. The zero-order valence-electron chi connectivity index (χ0n) is 16.5. The molecule has 168 valence electrons. The summed E-state index contributed by atoms with van der Waals surface area (Å²) >= 11 is 3.47. The Kier molecular flexibility index (Phi) is 7.72. The fourth-order valence-corrected chi connectivity index (χ4v) is 5.48. The van der Waals surface area contributed by atoms with Crippen molar-refractivity contribution >= 4 is 63.7 Å². The van der Waals surface area contributed by atoms with E-state index in [0.29, 0.717) is 17.1 Å². The smallest absolute Gasteiger partial charge is 0.352 e. The molecule has 12 nitrogen and oxygen atoms in total. The Morgan fingerprint density at radius 2 is 2.34 bits per heavy atom. The maximum Gasteiger partial charge on any atom is 0.352 e. The number of hydrogen-bond acceptors (Lipinski definition) is 12. The molecule has 0 radical (unpaired) electrons. The molecule has 3 rings (SSSR count). The number of nitriles is 1. The number of nitrogens with zero attached hydrogens (tertiary/aromatic N) is 5. The SMILES string of the molecule is CCO/N=C(/C(=O)NC1C(=O)N2C(C(=O)O)=C(CS/C=C\C#N)CS[C@H]12)c1nsc(N)n1. The molecular formula is C17H17N7O5S3. The lowest BCUT2D eigenvalue weighted by atomic mass is 10.0. The van der Waals surface area contributed by atoms with E-state index in [1.165, 1.54) is 34.5 Å². The van der Waals surface area contributed by atoms with E-state index in [1.54, 1.807) is 12.3 Å². The molecule has 2 atom stereocenters. The second kappa shape index (κ2) is 10.5. The van der Waals surface area contributed by atoms with Gasteiger partial charge in [0.05, 0.1) is 6.07 Å². The molecule has 1 aromatic heterocycles. The third-order valence-corrected chi connectivity index (χ3v) is 6.91. The number of hydrogen-bond donors (Lipinski definition) is 3. The quantitative estimate of drug-likeness (QED) is 0.186. The summed E-state index contributed by atoms with van der Waals surface area (Å²) in [6.07, 6.45) is 1.29. The number of nitrogen functional groups attached to an aromatic ring is 1. The van der Waals surface area contributed by atoms with E-state index in [0.717, 1.165) is 11.5 Å². The molecule has 0 spiro atoms. The highest BCUT2D eigenvalue weighted by molar-refractivity contribution is 8.02. The number of thioether (sulfide) groups is 2. The number of oxime groups is 1. The molecule has 15 heteroatoms. The average Bonchev–Trinajstić information content (AvgIpc) is 3.20. The molecule has 2 aliphatic rings. The highest BCUT2D eigenvalue weighted by Gasteiger charge is 2.54. The van der Waals surface area contributed by atoms with Crippen LogP contribution in [-0.4, -0.2) is 72.4 Å². The van der Waals surface area contributed by atoms with Gasteiger partial charge in [0.25, 0.3) is 11.8 Å². The summed E-state index contributed by atoms with van der Waals surface area (Å²) in [7, 11) is 0. The van der Waals surface area contributed by atoms with E-state index in [4.69, 9.17) is 15.8 Å². The number of nitrogens with two attached hydrogens (primary N) is 1. The van der Waals surface area contributed by atoms with Gasteiger partial charge >= 0.3 is 5.97 Å². The second-order valence-corrected chi connectivity index (χ2v) is 8.96. The number of β-lactam (4-membered cyclic amide) rings is 1. The highest BCUT2D eigenvalue weighted by atomic mass is 32.2. The van der Waals surface area contributed by atoms with E-state index >= 15 is 0 Å². The minimum Gasteiger partial charge on any atom is -0.477 e. The molecule has 1 fully saturated rings. The van der Waals surface area contributed by atoms with Gasteiger partial charge in [0.1, 0.15) is 23.7 Å². The molecule has 2 amide bonds. The van der Waals surface area contributed by atoms with Crippen molar-refractivity contribution in [2.75, 3.05) is 23.8 Å². The maximum absolute atomic E-state index is 12.8. The van der Waals surface area contributed by atoms with Gasteiger partial charge in [0.2, 0.25) is 11.5 Å². The summed E-state index contributed by atoms with van der Waals surface area (Å²) in [6, 6.07) is 0.908. The van der Waals surface area contributed by atoms with Crippen LogP contribution in [0.1, 0.15) is 12.7 Å². The van der Waals surface area contributed by atoms with Crippen LogP contribution in [0, 0.1) is 11.3 Å². The Morgan fingerprint density at radius 1 is 1.56 bits per heavy atom. The molecule has 0 aromatic carbocycles. The molecule has 1 saturated heterocycles. The number of anilines is 1. The number of allylic oxidation sites excluding steroid dienone is 1. The summed E-state index contributed by atoms with van der Waals surface area (Å²) < 4.78 is 3.95. The zero-order chi connectivity index (χ0) is 23.3. The van der Waals surface area contributed by atoms with Crippen LogP contribution in [-0.2, 0) is 19.2 Å². The van der Waals surface area contributed by atoms with E-state index in [2.05, 4.69) is 19.8 Å². The number of rotatable bonds is 9. The molecule has 0 bridgehead atoms. The van der Waals surface area contributed by atoms with Gasteiger partial charge in [-0.1, -0.05) is 5.16 Å². The first-order valence-corrected chi connectivity index (χ1v) is 11.9. The van der Waals surface area contributed by atoms with Crippen LogP contribution in [0.4, 0.5) is 5.13 Å². The molecule has 1 unspecified atom stereocenters. The van der Waals surface area contributed by atoms with Crippen LogP contribution in [0.15, 0.2) is 27.9 Å². The summed E-state index contributed by atoms with van der Waals surface area (Å²) in [4.78, 5) is 47.4. The third kappa shape index (κ3) is 4.87. The first-order chi connectivity index (χ1) is 15.4. The van der Waals surface area contributed by atoms with Crippen molar-refractivity contribution in [1.82, 2.24) is 19.6 Å². The van der Waals surface area contributed by atoms with Gasteiger partial charge in [-0.3, -0.25) is 14.5 Å². The molecule has 2 aliphatic heterocycles. The number of carbonyl (C=O) groups is 3. The first kappa shape index (κ1) is 23.6. The fraction of sp³-hybridized carbons (Fsp3) is 0.353. The number of aliphatic carboxylic acids is 1. The molecule has 4 N–H and O–H groups in total. The summed E-state index contributed by atoms with van der Waals surface area (Å²) in [5, 5.41) is 25.6. The number of nitrogens with one attached hydrogen (secondary N) is 1. The van der Waals surface area contributed by atoms with Crippen LogP contribution in [0.5, 0.6) is 0 Å². The zero-order valence-corrected chi connectivity index (χ0v) is 19.0. The third-order valence-electron chi connectivity index (χ3n) is 4.19. The van der Waals surface area contributed by atoms with E-state index in [9.17, 15) is 19.5 Å². The fourth-order valence-electron chi connectivity index (χ4n) is 2.88. The number of aromatic nitrogens is 2. The number of amides is 2. The molecular weight excluding hydrogens is 478 g/mol. The van der Waals surface area contributed by atoms with Crippen molar-refractivity contribution in [1.29, 1.82) is 5.26 Å². The standard InChI is InChI=1S/C17H17N7O5S3/c1-2-29-22-9(12-21-17(19)32-23-12)13(25)20-10-14(26)24-11(16(27)28)8(7-31-15(10)24)6-30-5-3-4-18/h3,5,10,15H,2,6-7H2,1H3,(H,20,25)(H,27,28)(H2,19,21,23)/b5-3-,22-9+/t10?,15-/m1/s1. The minimum absolute atomic E-state index is 0.0331. The second-order valence-electron chi connectivity index (χ2n) is 6.17. The molecule has 0 aliphatic carbocycles. The van der Waals surface area contributed by atoms with Crippen LogP contribution in [0.2, 0.25) is 0 Å². The average molecular weight is 496 g/mol. The van der Waals surface area contributed by atoms with Crippen LogP contribution in [0.3, 0.4) is 0 Å². The Bertz CT molecular complexity index is 1060. The Morgan fingerprint density at radius 3 is 2.97 bits per heavy atom. The van der Waals surface area contributed by atoms with Crippen molar-refractivity contribution in [2.45, 2.75) is 18.3 Å². The van der Waals surface area contributed by atoms with Crippen molar-refractivity contribution in [3.8, 4) is 6.07 Å². The Balaban J connectivity index is 1.76. The molecule has 3 heterocycles. The molecule has 32 heavy (non-hydrogen) atoms.